The lowest BCUT2D eigenvalue weighted by atomic mass is 10.2. The predicted octanol–water partition coefficient (Wildman–Crippen LogP) is 3.05. The van der Waals surface area contributed by atoms with E-state index in [1.807, 2.05) is 13.8 Å². The van der Waals surface area contributed by atoms with E-state index in [1.165, 1.54) is 6.08 Å². The quantitative estimate of drug-likeness (QED) is 0.713. The number of carbonyl (C=O) groups excluding carboxylic acids is 3. The van der Waals surface area contributed by atoms with Crippen LogP contribution < -0.4 is 16.0 Å². The highest BCUT2D eigenvalue weighted by Gasteiger charge is 2.16. The Balaban J connectivity index is 2.47. The van der Waals surface area contributed by atoms with Crippen molar-refractivity contribution in [2.75, 3.05) is 17.2 Å². The number of allylic oxidation sites excluding steroid dienone is 1. The van der Waals surface area contributed by atoms with E-state index in [9.17, 15) is 14.4 Å². The van der Waals surface area contributed by atoms with Gasteiger partial charge in [0.2, 0.25) is 11.8 Å². The highest BCUT2D eigenvalue weighted by Crippen LogP contribution is 2.13. The summed E-state index contributed by atoms with van der Waals surface area (Å²) in [6, 6.07) is 6.66. The SMILES string of the molecule is CC(C)=CC(=O)Nc1ccc(NC(=O)CNC(=O)OC(C)(C)C)cc1. The standard InChI is InChI=1S/C18H25N3O4/c1-12(2)10-15(22)20-13-6-8-14(9-7-13)21-16(23)11-19-17(24)25-18(3,4)5/h6-10H,11H2,1-5H3,(H,19,24)(H,20,22)(H,21,23). The van der Waals surface area contributed by atoms with Crippen molar-refractivity contribution in [3.63, 3.8) is 0 Å². The summed E-state index contributed by atoms with van der Waals surface area (Å²) in [4.78, 5) is 34.9. The lowest BCUT2D eigenvalue weighted by Crippen LogP contribution is -2.37. The first-order chi connectivity index (χ1) is 11.5. The maximum atomic E-state index is 11.8. The zero-order chi connectivity index (χ0) is 19.0. The van der Waals surface area contributed by atoms with E-state index < -0.39 is 11.7 Å². The minimum Gasteiger partial charge on any atom is -0.444 e. The molecule has 1 rings (SSSR count). The van der Waals surface area contributed by atoms with Crippen LogP contribution in [0.4, 0.5) is 16.2 Å². The molecule has 0 saturated heterocycles. The number of benzene rings is 1. The van der Waals surface area contributed by atoms with Crippen molar-refractivity contribution in [1.29, 1.82) is 0 Å². The number of rotatable bonds is 5. The number of amides is 3. The van der Waals surface area contributed by atoms with Crippen LogP contribution in [0, 0.1) is 0 Å². The fourth-order valence-electron chi connectivity index (χ4n) is 1.75. The number of hydrogen-bond donors (Lipinski definition) is 3. The molecule has 0 heterocycles. The molecule has 0 spiro atoms. The van der Waals surface area contributed by atoms with Crippen LogP contribution in [0.2, 0.25) is 0 Å². The van der Waals surface area contributed by atoms with Gasteiger partial charge in [0, 0.05) is 17.5 Å². The van der Waals surface area contributed by atoms with E-state index in [1.54, 1.807) is 45.0 Å². The van der Waals surface area contributed by atoms with Gasteiger partial charge < -0.3 is 20.7 Å². The molecular formula is C18H25N3O4. The van der Waals surface area contributed by atoms with E-state index in [0.29, 0.717) is 11.4 Å². The zero-order valence-corrected chi connectivity index (χ0v) is 15.2. The third-order valence-electron chi connectivity index (χ3n) is 2.65. The fourth-order valence-corrected chi connectivity index (χ4v) is 1.75. The van der Waals surface area contributed by atoms with E-state index in [-0.39, 0.29) is 18.4 Å². The van der Waals surface area contributed by atoms with Gasteiger partial charge in [-0.1, -0.05) is 5.57 Å². The van der Waals surface area contributed by atoms with Crippen LogP contribution >= 0.6 is 0 Å². The van der Waals surface area contributed by atoms with Gasteiger partial charge in [-0.15, -0.1) is 0 Å². The summed E-state index contributed by atoms with van der Waals surface area (Å²) in [6.07, 6.45) is 0.845. The summed E-state index contributed by atoms with van der Waals surface area (Å²) < 4.78 is 5.04. The molecule has 0 saturated carbocycles. The third kappa shape index (κ3) is 9.14. The first kappa shape index (κ1) is 20.2. The summed E-state index contributed by atoms with van der Waals surface area (Å²) in [5, 5.41) is 7.73. The molecular weight excluding hydrogens is 322 g/mol. The first-order valence-electron chi connectivity index (χ1n) is 7.88. The Labute approximate surface area is 147 Å². The molecule has 1 aromatic rings. The Bertz CT molecular complexity index is 654. The topological polar surface area (TPSA) is 96.5 Å². The van der Waals surface area contributed by atoms with Gasteiger partial charge in [0.25, 0.3) is 0 Å². The second-order valence-corrected chi connectivity index (χ2v) is 6.69. The van der Waals surface area contributed by atoms with Crippen LogP contribution in [0.25, 0.3) is 0 Å². The third-order valence-corrected chi connectivity index (χ3v) is 2.65. The van der Waals surface area contributed by atoms with Gasteiger partial charge in [0.05, 0.1) is 0 Å². The molecule has 0 bridgehead atoms. The largest absolute Gasteiger partial charge is 0.444 e. The van der Waals surface area contributed by atoms with Gasteiger partial charge in [0.15, 0.2) is 0 Å². The summed E-state index contributed by atoms with van der Waals surface area (Å²) in [7, 11) is 0. The first-order valence-corrected chi connectivity index (χ1v) is 7.88. The number of alkyl carbamates (subject to hydrolysis) is 1. The highest BCUT2D eigenvalue weighted by atomic mass is 16.6. The van der Waals surface area contributed by atoms with E-state index in [2.05, 4.69) is 16.0 Å². The molecule has 0 radical (unpaired) electrons. The monoisotopic (exact) mass is 347 g/mol. The average Bonchev–Trinajstić information content (AvgIpc) is 2.44. The Morgan fingerprint density at radius 3 is 2.00 bits per heavy atom. The number of hydrogen-bond acceptors (Lipinski definition) is 4. The van der Waals surface area contributed by atoms with E-state index in [0.717, 1.165) is 5.57 Å². The lowest BCUT2D eigenvalue weighted by molar-refractivity contribution is -0.115. The fraction of sp³-hybridized carbons (Fsp3) is 0.389. The summed E-state index contributed by atoms with van der Waals surface area (Å²) in [5.41, 5.74) is 1.45. The molecule has 25 heavy (non-hydrogen) atoms. The van der Waals surface area contributed by atoms with Crippen molar-refractivity contribution in [1.82, 2.24) is 5.32 Å². The van der Waals surface area contributed by atoms with Crippen molar-refractivity contribution in [3.05, 3.63) is 35.9 Å². The Kier molecular flexibility index (Phi) is 7.17. The van der Waals surface area contributed by atoms with Crippen molar-refractivity contribution in [2.24, 2.45) is 0 Å². The lowest BCUT2D eigenvalue weighted by Gasteiger charge is -2.19. The van der Waals surface area contributed by atoms with Crippen molar-refractivity contribution in [2.45, 2.75) is 40.2 Å². The summed E-state index contributed by atoms with van der Waals surface area (Å²) in [6.45, 7) is 8.70. The molecule has 136 valence electrons. The molecule has 3 amide bonds. The van der Waals surface area contributed by atoms with Crippen molar-refractivity contribution < 1.29 is 19.1 Å². The molecule has 0 unspecified atom stereocenters. The molecule has 0 atom stereocenters. The molecule has 0 fully saturated rings. The van der Waals surface area contributed by atoms with Gasteiger partial charge in [-0.25, -0.2) is 4.79 Å². The molecule has 0 aromatic heterocycles. The Hall–Kier alpha value is -2.83. The van der Waals surface area contributed by atoms with Crippen LogP contribution in [-0.2, 0) is 14.3 Å². The van der Waals surface area contributed by atoms with Gasteiger partial charge >= 0.3 is 6.09 Å². The maximum Gasteiger partial charge on any atom is 0.408 e. The minimum atomic E-state index is -0.653. The minimum absolute atomic E-state index is 0.200. The van der Waals surface area contributed by atoms with Gasteiger partial charge in [-0.3, -0.25) is 9.59 Å². The number of carbonyl (C=O) groups is 3. The van der Waals surface area contributed by atoms with Crippen LogP contribution in [0.3, 0.4) is 0 Å². The van der Waals surface area contributed by atoms with E-state index >= 15 is 0 Å². The number of nitrogens with one attached hydrogen (secondary N) is 3. The molecule has 0 aliphatic carbocycles. The summed E-state index contributed by atoms with van der Waals surface area (Å²) in [5.74, 6) is -0.592. The predicted molar refractivity (Wildman–Crippen MR) is 97.4 cm³/mol. The molecule has 0 aliphatic rings. The van der Waals surface area contributed by atoms with Gasteiger partial charge in [-0.05, 0) is 58.9 Å². The van der Waals surface area contributed by atoms with Crippen LogP contribution in [0.5, 0.6) is 0 Å². The van der Waals surface area contributed by atoms with Crippen molar-refractivity contribution >= 4 is 29.3 Å². The second kappa shape index (κ2) is 8.86. The highest BCUT2D eigenvalue weighted by molar-refractivity contribution is 6.00. The zero-order valence-electron chi connectivity index (χ0n) is 15.2. The smallest absolute Gasteiger partial charge is 0.408 e. The Morgan fingerprint density at radius 2 is 1.52 bits per heavy atom. The molecule has 3 N–H and O–H groups in total. The summed E-state index contributed by atoms with van der Waals surface area (Å²) >= 11 is 0. The van der Waals surface area contributed by atoms with Crippen LogP contribution in [0.1, 0.15) is 34.6 Å². The Morgan fingerprint density at radius 1 is 1.00 bits per heavy atom. The maximum absolute atomic E-state index is 11.8. The number of ether oxygens (including phenoxy) is 1. The molecule has 7 nitrogen and oxygen atoms in total. The molecule has 1 aromatic carbocycles. The van der Waals surface area contributed by atoms with E-state index in [4.69, 9.17) is 4.74 Å². The molecule has 0 aliphatic heterocycles. The number of anilines is 2. The van der Waals surface area contributed by atoms with Crippen LogP contribution in [-0.4, -0.2) is 30.1 Å². The normalized spacial score (nSPS) is 10.4. The van der Waals surface area contributed by atoms with Gasteiger partial charge in [0.1, 0.15) is 12.1 Å². The van der Waals surface area contributed by atoms with Gasteiger partial charge in [-0.2, -0.15) is 0 Å². The average molecular weight is 347 g/mol. The van der Waals surface area contributed by atoms with Crippen molar-refractivity contribution in [3.8, 4) is 0 Å². The van der Waals surface area contributed by atoms with Crippen LogP contribution in [0.15, 0.2) is 35.9 Å². The second-order valence-electron chi connectivity index (χ2n) is 6.69. The molecule has 7 heteroatoms.